The highest BCUT2D eigenvalue weighted by Crippen LogP contribution is 2.39. The van der Waals surface area contributed by atoms with Gasteiger partial charge in [0.2, 0.25) is 5.75 Å². The zero-order chi connectivity index (χ0) is 14.0. The molecule has 1 heterocycles. The van der Waals surface area contributed by atoms with E-state index in [0.29, 0.717) is 5.56 Å². The number of nitro groups is 1. The molecular weight excluding hydrogens is 304 g/mol. The summed E-state index contributed by atoms with van der Waals surface area (Å²) in [6.07, 6.45) is 0. The lowest BCUT2D eigenvalue weighted by Crippen LogP contribution is -2.11. The molecule has 2 aromatic rings. The van der Waals surface area contributed by atoms with Crippen LogP contribution in [0.1, 0.15) is 17.2 Å². The van der Waals surface area contributed by atoms with Gasteiger partial charge < -0.3 is 15.6 Å². The molecular formula is C12H13ClN2O4S. The lowest BCUT2D eigenvalue weighted by molar-refractivity contribution is -0.386. The highest BCUT2D eigenvalue weighted by atomic mass is 35.5. The van der Waals surface area contributed by atoms with Crippen molar-refractivity contribution >= 4 is 29.4 Å². The average molecular weight is 317 g/mol. The van der Waals surface area contributed by atoms with Crippen LogP contribution in [-0.4, -0.2) is 17.1 Å². The summed E-state index contributed by atoms with van der Waals surface area (Å²) in [7, 11) is 1.33. The standard InChI is InChI=1S/C12H12N2O4S.ClH/c1-18-10-5-8(4-9(12(10)15)14(16)17)11(13)7-2-3-19-6-7;/h2-6,11,15H,13H2,1H3;1H/t11-;/m1./s1. The largest absolute Gasteiger partial charge is 0.500 e. The molecule has 3 N–H and O–H groups in total. The van der Waals surface area contributed by atoms with Crippen LogP contribution in [0.5, 0.6) is 11.5 Å². The monoisotopic (exact) mass is 316 g/mol. The molecule has 0 saturated carbocycles. The van der Waals surface area contributed by atoms with Crippen LogP contribution in [0.25, 0.3) is 0 Å². The molecule has 1 aromatic heterocycles. The van der Waals surface area contributed by atoms with E-state index in [0.717, 1.165) is 5.56 Å². The predicted molar refractivity (Wildman–Crippen MR) is 78.9 cm³/mol. The Balaban J connectivity index is 0.00000200. The minimum absolute atomic E-state index is 0. The van der Waals surface area contributed by atoms with Gasteiger partial charge in [-0.1, -0.05) is 0 Å². The van der Waals surface area contributed by atoms with Crippen molar-refractivity contribution < 1.29 is 14.8 Å². The summed E-state index contributed by atoms with van der Waals surface area (Å²) in [6.45, 7) is 0. The molecule has 0 spiro atoms. The van der Waals surface area contributed by atoms with Gasteiger partial charge in [0, 0.05) is 6.07 Å². The molecule has 0 aliphatic rings. The Labute approximate surface area is 125 Å². The number of halogens is 1. The lowest BCUT2D eigenvalue weighted by atomic mass is 10.0. The zero-order valence-corrected chi connectivity index (χ0v) is 12.1. The van der Waals surface area contributed by atoms with Gasteiger partial charge in [0.15, 0.2) is 5.75 Å². The molecule has 8 heteroatoms. The number of nitrogens with two attached hydrogens (primary N) is 1. The van der Waals surface area contributed by atoms with Gasteiger partial charge >= 0.3 is 5.69 Å². The number of ether oxygens (including phenoxy) is 1. The molecule has 0 amide bonds. The summed E-state index contributed by atoms with van der Waals surface area (Å²) in [6, 6.07) is 4.12. The second-order valence-corrected chi connectivity index (χ2v) is 4.66. The van der Waals surface area contributed by atoms with Crippen LogP contribution in [0.15, 0.2) is 29.0 Å². The third-order valence-corrected chi connectivity index (χ3v) is 3.46. The van der Waals surface area contributed by atoms with Gasteiger partial charge in [-0.05, 0) is 34.0 Å². The van der Waals surface area contributed by atoms with Gasteiger partial charge in [-0.15, -0.1) is 12.4 Å². The molecule has 108 valence electrons. The fourth-order valence-corrected chi connectivity index (χ4v) is 2.43. The molecule has 20 heavy (non-hydrogen) atoms. The maximum atomic E-state index is 10.9. The van der Waals surface area contributed by atoms with E-state index in [2.05, 4.69) is 0 Å². The first-order chi connectivity index (χ1) is 9.04. The van der Waals surface area contributed by atoms with Crippen molar-refractivity contribution in [2.75, 3.05) is 7.11 Å². The van der Waals surface area contributed by atoms with Gasteiger partial charge in [0.1, 0.15) is 0 Å². The van der Waals surface area contributed by atoms with Gasteiger partial charge in [-0.25, -0.2) is 0 Å². The Bertz CT molecular complexity index is 604. The fraction of sp³-hybridized carbons (Fsp3) is 0.167. The zero-order valence-electron chi connectivity index (χ0n) is 10.5. The van der Waals surface area contributed by atoms with Crippen LogP contribution >= 0.6 is 23.7 Å². The number of hydrogen-bond acceptors (Lipinski definition) is 6. The average Bonchev–Trinajstić information content (AvgIpc) is 2.91. The normalized spacial score (nSPS) is 11.5. The Morgan fingerprint density at radius 3 is 2.65 bits per heavy atom. The topological polar surface area (TPSA) is 98.6 Å². The summed E-state index contributed by atoms with van der Waals surface area (Å²) in [5.74, 6) is -0.455. The number of thiophene rings is 1. The van der Waals surface area contributed by atoms with Crippen molar-refractivity contribution in [2.45, 2.75) is 6.04 Å². The van der Waals surface area contributed by atoms with Crippen molar-refractivity contribution in [1.29, 1.82) is 0 Å². The predicted octanol–water partition coefficient (Wildman–Crippen LogP) is 2.84. The Morgan fingerprint density at radius 1 is 1.45 bits per heavy atom. The van der Waals surface area contributed by atoms with Crippen LogP contribution in [0.3, 0.4) is 0 Å². The van der Waals surface area contributed by atoms with E-state index in [1.165, 1.54) is 30.6 Å². The number of nitrogens with zero attached hydrogens (tertiary/aromatic N) is 1. The second-order valence-electron chi connectivity index (χ2n) is 3.88. The molecule has 0 unspecified atom stereocenters. The number of phenolic OH excluding ortho intramolecular Hbond substituents is 1. The van der Waals surface area contributed by atoms with Crippen molar-refractivity contribution in [1.82, 2.24) is 0 Å². The third kappa shape index (κ3) is 3.01. The Morgan fingerprint density at radius 2 is 2.15 bits per heavy atom. The summed E-state index contributed by atoms with van der Waals surface area (Å²) in [4.78, 5) is 10.2. The number of methoxy groups -OCH3 is 1. The van der Waals surface area contributed by atoms with E-state index < -0.39 is 22.4 Å². The molecule has 0 radical (unpaired) electrons. The quantitative estimate of drug-likeness (QED) is 0.667. The van der Waals surface area contributed by atoms with Gasteiger partial charge in [0.05, 0.1) is 18.1 Å². The second kappa shape index (κ2) is 6.56. The van der Waals surface area contributed by atoms with Crippen LogP contribution in [0, 0.1) is 10.1 Å². The molecule has 0 aliphatic heterocycles. The number of rotatable bonds is 4. The molecule has 0 fully saturated rings. The van der Waals surface area contributed by atoms with E-state index in [9.17, 15) is 15.2 Å². The van der Waals surface area contributed by atoms with Crippen LogP contribution in [0.4, 0.5) is 5.69 Å². The van der Waals surface area contributed by atoms with Crippen LogP contribution in [0.2, 0.25) is 0 Å². The van der Waals surface area contributed by atoms with Crippen LogP contribution in [-0.2, 0) is 0 Å². The van der Waals surface area contributed by atoms with E-state index in [1.807, 2.05) is 16.8 Å². The van der Waals surface area contributed by atoms with Gasteiger partial charge in [-0.3, -0.25) is 10.1 Å². The van der Waals surface area contributed by atoms with Crippen molar-refractivity contribution in [3.63, 3.8) is 0 Å². The molecule has 0 aliphatic carbocycles. The molecule has 1 aromatic carbocycles. The fourth-order valence-electron chi connectivity index (χ4n) is 1.73. The molecule has 0 bridgehead atoms. The summed E-state index contributed by atoms with van der Waals surface area (Å²) < 4.78 is 4.94. The lowest BCUT2D eigenvalue weighted by Gasteiger charge is -2.13. The SMILES string of the molecule is COc1cc([C@H](N)c2ccsc2)cc([N+](=O)[O-])c1O.Cl. The first-order valence-corrected chi connectivity index (χ1v) is 6.32. The Hall–Kier alpha value is -1.83. The minimum atomic E-state index is -0.665. The van der Waals surface area contributed by atoms with Crippen molar-refractivity contribution in [3.8, 4) is 11.5 Å². The Kier molecular flexibility index (Phi) is 5.32. The molecule has 2 rings (SSSR count). The maximum Gasteiger partial charge on any atom is 0.315 e. The molecule has 0 saturated heterocycles. The highest BCUT2D eigenvalue weighted by molar-refractivity contribution is 7.08. The number of benzene rings is 1. The van der Waals surface area contributed by atoms with E-state index in [1.54, 1.807) is 0 Å². The third-order valence-electron chi connectivity index (χ3n) is 2.76. The van der Waals surface area contributed by atoms with Crippen LogP contribution < -0.4 is 10.5 Å². The van der Waals surface area contributed by atoms with Crippen molar-refractivity contribution in [3.05, 3.63) is 50.2 Å². The number of nitro benzene ring substituents is 1. The minimum Gasteiger partial charge on any atom is -0.500 e. The van der Waals surface area contributed by atoms with Gasteiger partial charge in [0.25, 0.3) is 0 Å². The first-order valence-electron chi connectivity index (χ1n) is 5.37. The highest BCUT2D eigenvalue weighted by Gasteiger charge is 2.22. The van der Waals surface area contributed by atoms with E-state index >= 15 is 0 Å². The molecule has 1 atom stereocenters. The summed E-state index contributed by atoms with van der Waals surface area (Å²) in [5, 5.41) is 24.3. The maximum absolute atomic E-state index is 10.9. The summed E-state index contributed by atoms with van der Waals surface area (Å²) >= 11 is 1.49. The number of phenols is 1. The smallest absolute Gasteiger partial charge is 0.315 e. The van der Waals surface area contributed by atoms with E-state index in [-0.39, 0.29) is 18.2 Å². The first kappa shape index (κ1) is 16.2. The number of aromatic hydroxyl groups is 1. The van der Waals surface area contributed by atoms with E-state index in [4.69, 9.17) is 10.5 Å². The van der Waals surface area contributed by atoms with Gasteiger partial charge in [-0.2, -0.15) is 11.3 Å². The summed E-state index contributed by atoms with van der Waals surface area (Å²) in [5.41, 5.74) is 7.00. The molecule has 6 nitrogen and oxygen atoms in total. The number of hydrogen-bond donors (Lipinski definition) is 2. The van der Waals surface area contributed by atoms with Crippen molar-refractivity contribution in [2.24, 2.45) is 5.73 Å².